The number of rotatable bonds is 6. The molecule has 0 fully saturated rings. The molecule has 1 atom stereocenters. The molecule has 0 aromatic heterocycles. The van der Waals surface area contributed by atoms with Crippen molar-refractivity contribution < 1.29 is 4.79 Å². The maximum Gasteiger partial charge on any atom is 0.209 e. The lowest BCUT2D eigenvalue weighted by atomic mass is 10.2. The minimum Gasteiger partial charge on any atom is -0.345 e. The van der Waals surface area contributed by atoms with Crippen molar-refractivity contribution in [2.75, 3.05) is 13.1 Å². The molecule has 0 aliphatic carbocycles. The SMILES string of the molecule is CCCN(C=O)CCC(C)N. The van der Waals surface area contributed by atoms with Crippen LogP contribution >= 0.6 is 0 Å². The van der Waals surface area contributed by atoms with E-state index < -0.39 is 0 Å². The molecule has 0 heterocycles. The van der Waals surface area contributed by atoms with Gasteiger partial charge in [-0.3, -0.25) is 4.79 Å². The molecule has 11 heavy (non-hydrogen) atoms. The third-order valence-corrected chi connectivity index (χ3v) is 1.53. The number of carbonyl (C=O) groups excluding carboxylic acids is 1. The topological polar surface area (TPSA) is 46.3 Å². The van der Waals surface area contributed by atoms with Crippen LogP contribution in [0.3, 0.4) is 0 Å². The summed E-state index contributed by atoms with van der Waals surface area (Å²) in [5, 5.41) is 0. The summed E-state index contributed by atoms with van der Waals surface area (Å²) in [4.78, 5) is 12.2. The Morgan fingerprint density at radius 2 is 2.18 bits per heavy atom. The standard InChI is InChI=1S/C8H18N2O/c1-3-5-10(7-11)6-4-8(2)9/h7-8H,3-6,9H2,1-2H3. The molecule has 0 saturated carbocycles. The van der Waals surface area contributed by atoms with Gasteiger partial charge in [-0.15, -0.1) is 0 Å². The van der Waals surface area contributed by atoms with Crippen molar-refractivity contribution in [2.45, 2.75) is 32.7 Å². The highest BCUT2D eigenvalue weighted by Crippen LogP contribution is 1.92. The highest BCUT2D eigenvalue weighted by molar-refractivity contribution is 5.46. The molecule has 0 rings (SSSR count). The fourth-order valence-electron chi connectivity index (χ4n) is 0.874. The maximum atomic E-state index is 10.4. The predicted octanol–water partition coefficient (Wildman–Crippen LogP) is 0.592. The fourth-order valence-corrected chi connectivity index (χ4v) is 0.874. The van der Waals surface area contributed by atoms with Crippen LogP contribution in [-0.2, 0) is 4.79 Å². The summed E-state index contributed by atoms with van der Waals surface area (Å²) in [6, 6.07) is 0.189. The van der Waals surface area contributed by atoms with E-state index in [2.05, 4.69) is 6.92 Å². The first-order valence-corrected chi connectivity index (χ1v) is 4.15. The number of carbonyl (C=O) groups is 1. The molecule has 1 amide bonds. The maximum absolute atomic E-state index is 10.4. The van der Waals surface area contributed by atoms with Crippen LogP contribution in [0.1, 0.15) is 26.7 Å². The Bertz CT molecular complexity index is 104. The molecule has 0 aliphatic rings. The van der Waals surface area contributed by atoms with Crippen LogP contribution in [0.5, 0.6) is 0 Å². The van der Waals surface area contributed by atoms with Crippen LogP contribution in [0.4, 0.5) is 0 Å². The van der Waals surface area contributed by atoms with E-state index >= 15 is 0 Å². The Labute approximate surface area is 68.6 Å². The molecule has 0 bridgehead atoms. The van der Waals surface area contributed by atoms with E-state index in [1.165, 1.54) is 0 Å². The van der Waals surface area contributed by atoms with E-state index in [0.717, 1.165) is 32.3 Å². The second-order valence-corrected chi connectivity index (χ2v) is 2.91. The van der Waals surface area contributed by atoms with Gasteiger partial charge in [-0.1, -0.05) is 6.92 Å². The molecule has 3 nitrogen and oxygen atoms in total. The Morgan fingerprint density at radius 1 is 1.55 bits per heavy atom. The van der Waals surface area contributed by atoms with E-state index in [0.29, 0.717) is 0 Å². The van der Waals surface area contributed by atoms with Gasteiger partial charge in [-0.25, -0.2) is 0 Å². The quantitative estimate of drug-likeness (QED) is 0.575. The molecule has 0 spiro atoms. The molecule has 0 aliphatic heterocycles. The zero-order chi connectivity index (χ0) is 8.69. The molecule has 3 heteroatoms. The molecule has 0 radical (unpaired) electrons. The van der Waals surface area contributed by atoms with Gasteiger partial charge in [0.2, 0.25) is 6.41 Å². The van der Waals surface area contributed by atoms with Gasteiger partial charge in [0, 0.05) is 19.1 Å². The van der Waals surface area contributed by atoms with Crippen LogP contribution in [0.25, 0.3) is 0 Å². The normalized spacial score (nSPS) is 12.6. The lowest BCUT2D eigenvalue weighted by Gasteiger charge is -2.16. The van der Waals surface area contributed by atoms with Crippen molar-refractivity contribution in [3.05, 3.63) is 0 Å². The number of hydrogen-bond donors (Lipinski definition) is 1. The monoisotopic (exact) mass is 158 g/mol. The number of nitrogens with zero attached hydrogens (tertiary/aromatic N) is 1. The van der Waals surface area contributed by atoms with E-state index in [9.17, 15) is 4.79 Å². The van der Waals surface area contributed by atoms with Crippen molar-refractivity contribution in [1.82, 2.24) is 4.90 Å². The zero-order valence-corrected chi connectivity index (χ0v) is 7.42. The van der Waals surface area contributed by atoms with Gasteiger partial charge in [0.15, 0.2) is 0 Å². The molecule has 1 unspecified atom stereocenters. The van der Waals surface area contributed by atoms with Crippen LogP contribution in [0.2, 0.25) is 0 Å². The van der Waals surface area contributed by atoms with Crippen LogP contribution in [-0.4, -0.2) is 30.4 Å². The number of nitrogens with two attached hydrogens (primary N) is 1. The lowest BCUT2D eigenvalue weighted by Crippen LogP contribution is -2.28. The Hall–Kier alpha value is -0.570. The predicted molar refractivity (Wildman–Crippen MR) is 46.2 cm³/mol. The van der Waals surface area contributed by atoms with Crippen molar-refractivity contribution in [1.29, 1.82) is 0 Å². The van der Waals surface area contributed by atoms with Crippen molar-refractivity contribution in [3.8, 4) is 0 Å². The molecule has 0 aromatic rings. The first-order chi connectivity index (χ1) is 5.20. The zero-order valence-electron chi connectivity index (χ0n) is 7.42. The van der Waals surface area contributed by atoms with Gasteiger partial charge in [0.1, 0.15) is 0 Å². The largest absolute Gasteiger partial charge is 0.345 e. The summed E-state index contributed by atoms with van der Waals surface area (Å²) in [6.07, 6.45) is 2.79. The first kappa shape index (κ1) is 10.4. The Morgan fingerprint density at radius 3 is 2.55 bits per heavy atom. The third kappa shape index (κ3) is 5.85. The molecule has 0 aromatic carbocycles. The van der Waals surface area contributed by atoms with Gasteiger partial charge in [0.05, 0.1) is 0 Å². The van der Waals surface area contributed by atoms with Gasteiger partial charge < -0.3 is 10.6 Å². The second kappa shape index (κ2) is 6.16. The van der Waals surface area contributed by atoms with E-state index in [1.54, 1.807) is 4.90 Å². The molecular formula is C8H18N2O. The van der Waals surface area contributed by atoms with Crippen molar-refractivity contribution in [2.24, 2.45) is 5.73 Å². The third-order valence-electron chi connectivity index (χ3n) is 1.53. The minimum absolute atomic E-state index is 0.189. The molecule has 66 valence electrons. The average molecular weight is 158 g/mol. The second-order valence-electron chi connectivity index (χ2n) is 2.91. The first-order valence-electron chi connectivity index (χ1n) is 4.15. The van der Waals surface area contributed by atoms with Crippen molar-refractivity contribution >= 4 is 6.41 Å². The fraction of sp³-hybridized carbons (Fsp3) is 0.875. The number of hydrogen-bond acceptors (Lipinski definition) is 2. The summed E-state index contributed by atoms with van der Waals surface area (Å²) in [5.41, 5.74) is 5.55. The van der Waals surface area contributed by atoms with E-state index in [4.69, 9.17) is 5.73 Å². The van der Waals surface area contributed by atoms with E-state index in [1.807, 2.05) is 6.92 Å². The highest BCUT2D eigenvalue weighted by atomic mass is 16.1. The highest BCUT2D eigenvalue weighted by Gasteiger charge is 2.00. The lowest BCUT2D eigenvalue weighted by molar-refractivity contribution is -0.118. The Balaban J connectivity index is 3.43. The Kier molecular flexibility index (Phi) is 5.84. The van der Waals surface area contributed by atoms with Crippen LogP contribution in [0.15, 0.2) is 0 Å². The number of amides is 1. The van der Waals surface area contributed by atoms with Gasteiger partial charge in [-0.05, 0) is 19.8 Å². The summed E-state index contributed by atoms with van der Waals surface area (Å²) in [7, 11) is 0. The smallest absolute Gasteiger partial charge is 0.209 e. The molecule has 0 saturated heterocycles. The van der Waals surface area contributed by atoms with Gasteiger partial charge in [-0.2, -0.15) is 0 Å². The summed E-state index contributed by atoms with van der Waals surface area (Å²) in [5.74, 6) is 0. The summed E-state index contributed by atoms with van der Waals surface area (Å²) >= 11 is 0. The van der Waals surface area contributed by atoms with E-state index in [-0.39, 0.29) is 6.04 Å². The van der Waals surface area contributed by atoms with Crippen molar-refractivity contribution in [3.63, 3.8) is 0 Å². The van der Waals surface area contributed by atoms with Crippen LogP contribution < -0.4 is 5.73 Å². The summed E-state index contributed by atoms with van der Waals surface area (Å²) < 4.78 is 0. The molecular weight excluding hydrogens is 140 g/mol. The summed E-state index contributed by atoms with van der Waals surface area (Å²) in [6.45, 7) is 5.64. The molecule has 2 N–H and O–H groups in total. The minimum atomic E-state index is 0.189. The van der Waals surface area contributed by atoms with Crippen LogP contribution in [0, 0.1) is 0 Å². The van der Waals surface area contributed by atoms with Gasteiger partial charge in [0.25, 0.3) is 0 Å². The van der Waals surface area contributed by atoms with Gasteiger partial charge >= 0.3 is 0 Å². The average Bonchev–Trinajstić information content (AvgIpc) is 1.97.